The second-order valence-corrected chi connectivity index (χ2v) is 9.55. The fraction of sp³-hybridized carbons (Fsp3) is 0. The number of nitrogens with zero attached hydrogens (tertiary/aromatic N) is 1. The second kappa shape index (κ2) is 12.5. The maximum atomic E-state index is 12.5. The number of hydrogen-bond acceptors (Lipinski definition) is 5. The van der Waals surface area contributed by atoms with Gasteiger partial charge in [-0.1, -0.05) is 57.3 Å². The number of rotatable bonds is 7. The molecule has 0 aliphatic heterocycles. The number of ether oxygens (including phenoxy) is 1. The predicted molar refractivity (Wildman–Crippen MR) is 151 cm³/mol. The van der Waals surface area contributed by atoms with E-state index in [0.29, 0.717) is 27.4 Å². The molecule has 0 aliphatic rings. The number of hydrazone groups is 1. The van der Waals surface area contributed by atoms with Gasteiger partial charge < -0.3 is 10.1 Å². The molecule has 0 fully saturated rings. The van der Waals surface area contributed by atoms with Crippen LogP contribution in [0, 0.1) is 0 Å². The molecular weight excluding hydrogens is 593 g/mol. The summed E-state index contributed by atoms with van der Waals surface area (Å²) < 4.78 is 6.24. The monoisotopic (exact) mass is 609 g/mol. The number of carbonyl (C=O) groups is 3. The Hall–Kier alpha value is -3.98. The van der Waals surface area contributed by atoms with Crippen molar-refractivity contribution in [2.24, 2.45) is 5.10 Å². The van der Waals surface area contributed by atoms with Crippen LogP contribution >= 0.6 is 39.1 Å². The van der Waals surface area contributed by atoms with Crippen LogP contribution in [0.15, 0.2) is 101 Å². The molecule has 2 N–H and O–H groups in total. The number of esters is 1. The van der Waals surface area contributed by atoms with E-state index >= 15 is 0 Å². The molecule has 0 heterocycles. The Morgan fingerprint density at radius 3 is 2.26 bits per heavy atom. The first kappa shape index (κ1) is 27.1. The van der Waals surface area contributed by atoms with E-state index in [1.165, 1.54) is 30.5 Å². The van der Waals surface area contributed by atoms with Crippen molar-refractivity contribution >= 4 is 68.8 Å². The van der Waals surface area contributed by atoms with E-state index in [0.717, 1.165) is 4.47 Å². The summed E-state index contributed by atoms with van der Waals surface area (Å²) >= 11 is 15.3. The van der Waals surface area contributed by atoms with Crippen LogP contribution in [0.2, 0.25) is 10.0 Å². The highest BCUT2D eigenvalue weighted by Crippen LogP contribution is 2.24. The van der Waals surface area contributed by atoms with Crippen LogP contribution in [-0.2, 0) is 0 Å². The smallest absolute Gasteiger partial charge is 0.343 e. The normalized spacial score (nSPS) is 10.7. The van der Waals surface area contributed by atoms with E-state index in [1.807, 2.05) is 0 Å². The van der Waals surface area contributed by atoms with E-state index in [2.05, 4.69) is 31.8 Å². The SMILES string of the molecule is O=C(N/N=C\c1cc(Br)ccc1OC(=O)c1ccccc1)c1ccc(NC(=O)c2ccc(Cl)cc2Cl)cc1. The minimum atomic E-state index is -0.517. The third-order valence-corrected chi connectivity index (χ3v) is 6.18. The minimum absolute atomic E-state index is 0.229. The zero-order valence-corrected chi connectivity index (χ0v) is 22.5. The van der Waals surface area contributed by atoms with Crippen LogP contribution in [-0.4, -0.2) is 24.0 Å². The standard InChI is InChI=1S/C28H18BrCl2N3O4/c29-20-8-13-25(38-28(37)18-4-2-1-3-5-18)19(14-20)16-32-34-26(35)17-6-10-22(11-7-17)33-27(36)23-12-9-21(30)15-24(23)31/h1-16H,(H,33,36)(H,34,35)/b32-16-. The van der Waals surface area contributed by atoms with Gasteiger partial charge in [0.15, 0.2) is 0 Å². The lowest BCUT2D eigenvalue weighted by Gasteiger charge is -2.08. The molecule has 4 aromatic rings. The average Bonchev–Trinajstić information content (AvgIpc) is 2.91. The van der Waals surface area contributed by atoms with Gasteiger partial charge in [-0.25, -0.2) is 10.2 Å². The highest BCUT2D eigenvalue weighted by Gasteiger charge is 2.13. The maximum absolute atomic E-state index is 12.5. The van der Waals surface area contributed by atoms with Crippen LogP contribution in [0.3, 0.4) is 0 Å². The van der Waals surface area contributed by atoms with Crippen molar-refractivity contribution in [2.45, 2.75) is 0 Å². The number of carbonyl (C=O) groups excluding carboxylic acids is 3. The lowest BCUT2D eigenvalue weighted by Crippen LogP contribution is -2.18. The summed E-state index contributed by atoms with van der Waals surface area (Å²) in [5, 5.41) is 7.36. The Balaban J connectivity index is 1.39. The van der Waals surface area contributed by atoms with Gasteiger partial charge in [0.1, 0.15) is 5.75 Å². The average molecular weight is 611 g/mol. The van der Waals surface area contributed by atoms with Crippen LogP contribution in [0.4, 0.5) is 5.69 Å². The molecule has 0 atom stereocenters. The molecule has 0 radical (unpaired) electrons. The van der Waals surface area contributed by atoms with Crippen molar-refractivity contribution in [1.29, 1.82) is 0 Å². The van der Waals surface area contributed by atoms with E-state index in [-0.39, 0.29) is 16.3 Å². The number of hydrogen-bond donors (Lipinski definition) is 2. The maximum Gasteiger partial charge on any atom is 0.343 e. The highest BCUT2D eigenvalue weighted by atomic mass is 79.9. The van der Waals surface area contributed by atoms with E-state index in [4.69, 9.17) is 27.9 Å². The molecule has 0 spiro atoms. The fourth-order valence-corrected chi connectivity index (χ4v) is 4.12. The van der Waals surface area contributed by atoms with Crippen molar-refractivity contribution in [3.63, 3.8) is 0 Å². The Morgan fingerprint density at radius 1 is 0.816 bits per heavy atom. The lowest BCUT2D eigenvalue weighted by atomic mass is 10.1. The van der Waals surface area contributed by atoms with Crippen LogP contribution < -0.4 is 15.5 Å². The van der Waals surface area contributed by atoms with E-state index in [9.17, 15) is 14.4 Å². The summed E-state index contributed by atoms with van der Waals surface area (Å²) in [7, 11) is 0. The van der Waals surface area contributed by atoms with E-state index in [1.54, 1.807) is 66.7 Å². The second-order valence-electron chi connectivity index (χ2n) is 7.79. The largest absolute Gasteiger partial charge is 0.422 e. The van der Waals surface area contributed by atoms with Crippen molar-refractivity contribution in [1.82, 2.24) is 5.43 Å². The molecule has 0 bridgehead atoms. The molecule has 0 unspecified atom stereocenters. The first-order valence-corrected chi connectivity index (χ1v) is 12.6. The zero-order chi connectivity index (χ0) is 27.1. The summed E-state index contributed by atoms with van der Waals surface area (Å²) in [5.74, 6) is -1.12. The zero-order valence-electron chi connectivity index (χ0n) is 19.5. The van der Waals surface area contributed by atoms with Gasteiger partial charge in [0, 0.05) is 26.3 Å². The molecule has 0 aromatic heterocycles. The van der Waals surface area contributed by atoms with Crippen LogP contribution in [0.1, 0.15) is 36.6 Å². The molecule has 0 aliphatic carbocycles. The molecular formula is C28H18BrCl2N3O4. The van der Waals surface area contributed by atoms with Gasteiger partial charge in [0.25, 0.3) is 11.8 Å². The molecule has 4 rings (SSSR count). The van der Waals surface area contributed by atoms with Crippen LogP contribution in [0.5, 0.6) is 5.75 Å². The van der Waals surface area contributed by atoms with Gasteiger partial charge >= 0.3 is 5.97 Å². The summed E-state index contributed by atoms with van der Waals surface area (Å²) in [6, 6.07) is 24.5. The number of anilines is 1. The topological polar surface area (TPSA) is 96.9 Å². The summed E-state index contributed by atoms with van der Waals surface area (Å²) in [6.07, 6.45) is 1.38. The van der Waals surface area contributed by atoms with Gasteiger partial charge in [-0.15, -0.1) is 0 Å². The van der Waals surface area contributed by atoms with Gasteiger partial charge in [-0.05, 0) is 72.8 Å². The molecule has 38 heavy (non-hydrogen) atoms. The number of halogens is 3. The van der Waals surface area contributed by atoms with Crippen molar-refractivity contribution in [3.05, 3.63) is 128 Å². The van der Waals surface area contributed by atoms with Gasteiger partial charge in [0.2, 0.25) is 0 Å². The predicted octanol–water partition coefficient (Wildman–Crippen LogP) is 6.99. The van der Waals surface area contributed by atoms with Crippen molar-refractivity contribution in [2.75, 3.05) is 5.32 Å². The Morgan fingerprint density at radius 2 is 1.55 bits per heavy atom. The van der Waals surface area contributed by atoms with Gasteiger partial charge in [-0.3, -0.25) is 9.59 Å². The minimum Gasteiger partial charge on any atom is -0.422 e. The molecule has 0 saturated carbocycles. The van der Waals surface area contributed by atoms with E-state index < -0.39 is 17.8 Å². The number of nitrogens with one attached hydrogen (secondary N) is 2. The molecule has 190 valence electrons. The summed E-state index contributed by atoms with van der Waals surface area (Å²) in [4.78, 5) is 37.4. The molecule has 4 aromatic carbocycles. The number of amides is 2. The first-order valence-electron chi connectivity index (χ1n) is 11.1. The van der Waals surface area contributed by atoms with Gasteiger partial charge in [0.05, 0.1) is 22.4 Å². The Bertz CT molecular complexity index is 1530. The third-order valence-electron chi connectivity index (χ3n) is 5.13. The molecule has 10 heteroatoms. The van der Waals surface area contributed by atoms with Crippen molar-refractivity contribution in [3.8, 4) is 5.75 Å². The quantitative estimate of drug-likeness (QED) is 0.102. The molecule has 0 saturated heterocycles. The Kier molecular flexibility index (Phi) is 8.91. The summed E-state index contributed by atoms with van der Waals surface area (Å²) in [5.41, 5.74) is 4.37. The lowest BCUT2D eigenvalue weighted by molar-refractivity contribution is 0.0734. The first-order chi connectivity index (χ1) is 18.3. The fourth-order valence-electron chi connectivity index (χ4n) is 3.25. The van der Waals surface area contributed by atoms with Crippen LogP contribution in [0.25, 0.3) is 0 Å². The third kappa shape index (κ3) is 7.07. The molecule has 2 amide bonds. The van der Waals surface area contributed by atoms with Crippen molar-refractivity contribution < 1.29 is 19.1 Å². The molecule has 7 nitrogen and oxygen atoms in total. The summed E-state index contributed by atoms with van der Waals surface area (Å²) in [6.45, 7) is 0. The highest BCUT2D eigenvalue weighted by molar-refractivity contribution is 9.10. The number of benzene rings is 4. The van der Waals surface area contributed by atoms with Gasteiger partial charge in [-0.2, -0.15) is 5.10 Å². The Labute approximate surface area is 236 Å².